The largest absolute Gasteiger partial charge is 0.480 e. The fraction of sp³-hybridized carbons (Fsp3) is 0.429. The molecule has 0 radical (unpaired) electrons. The minimum atomic E-state index is -3.26. The standard InChI is InChI=1S/C14H19NO5S/c1-2-21(19,20)9-8-12(14(17)18)15-13(16)10-11-6-4-3-5-7-11/h3-7,12H,2,8-10H2,1H3,(H,15,16)(H,17,18). The summed E-state index contributed by atoms with van der Waals surface area (Å²) in [5, 5.41) is 11.4. The zero-order chi connectivity index (χ0) is 15.9. The Labute approximate surface area is 124 Å². The van der Waals surface area contributed by atoms with Crippen LogP contribution in [-0.4, -0.2) is 42.9 Å². The van der Waals surface area contributed by atoms with Gasteiger partial charge in [-0.3, -0.25) is 4.79 Å². The summed E-state index contributed by atoms with van der Waals surface area (Å²) in [6, 6.07) is 7.71. The van der Waals surface area contributed by atoms with Crippen molar-refractivity contribution in [3.8, 4) is 0 Å². The topological polar surface area (TPSA) is 101 Å². The molecule has 0 aliphatic carbocycles. The van der Waals surface area contributed by atoms with Crippen LogP contribution in [0.4, 0.5) is 0 Å². The molecule has 0 saturated heterocycles. The number of benzene rings is 1. The summed E-state index contributed by atoms with van der Waals surface area (Å²) in [5.74, 6) is -1.98. The number of carboxylic acid groups (broad SMARTS) is 1. The zero-order valence-corrected chi connectivity index (χ0v) is 12.6. The minimum absolute atomic E-state index is 0.0443. The Balaban J connectivity index is 2.58. The second-order valence-electron chi connectivity index (χ2n) is 4.65. The van der Waals surface area contributed by atoms with E-state index >= 15 is 0 Å². The van der Waals surface area contributed by atoms with E-state index in [1.54, 1.807) is 24.3 Å². The van der Waals surface area contributed by atoms with E-state index in [4.69, 9.17) is 5.11 Å². The van der Waals surface area contributed by atoms with Crippen molar-refractivity contribution in [2.45, 2.75) is 25.8 Å². The van der Waals surface area contributed by atoms with Crippen LogP contribution in [0.3, 0.4) is 0 Å². The number of carbonyl (C=O) groups is 2. The minimum Gasteiger partial charge on any atom is -0.480 e. The lowest BCUT2D eigenvalue weighted by atomic mass is 10.1. The van der Waals surface area contributed by atoms with Gasteiger partial charge in [0.15, 0.2) is 0 Å². The third kappa shape index (κ3) is 6.40. The lowest BCUT2D eigenvalue weighted by molar-refractivity contribution is -0.141. The SMILES string of the molecule is CCS(=O)(=O)CCC(NC(=O)Cc1ccccc1)C(=O)O. The highest BCUT2D eigenvalue weighted by molar-refractivity contribution is 7.91. The molecule has 21 heavy (non-hydrogen) atoms. The maximum absolute atomic E-state index is 11.8. The van der Waals surface area contributed by atoms with Gasteiger partial charge < -0.3 is 10.4 Å². The molecule has 0 fully saturated rings. The third-order valence-electron chi connectivity index (χ3n) is 3.00. The van der Waals surface area contributed by atoms with Gasteiger partial charge in [-0.15, -0.1) is 0 Å². The molecule has 0 aromatic heterocycles. The van der Waals surface area contributed by atoms with E-state index in [1.165, 1.54) is 6.92 Å². The van der Waals surface area contributed by atoms with Crippen LogP contribution < -0.4 is 5.32 Å². The number of amides is 1. The monoisotopic (exact) mass is 313 g/mol. The first-order chi connectivity index (χ1) is 9.84. The molecule has 0 aliphatic heterocycles. The van der Waals surface area contributed by atoms with Crippen molar-refractivity contribution in [2.75, 3.05) is 11.5 Å². The van der Waals surface area contributed by atoms with Crippen molar-refractivity contribution >= 4 is 21.7 Å². The lowest BCUT2D eigenvalue weighted by Gasteiger charge is -2.14. The van der Waals surface area contributed by atoms with Gasteiger partial charge in [0.05, 0.1) is 12.2 Å². The van der Waals surface area contributed by atoms with Gasteiger partial charge in [-0.25, -0.2) is 13.2 Å². The van der Waals surface area contributed by atoms with E-state index in [1.807, 2.05) is 6.07 Å². The number of carbonyl (C=O) groups excluding carboxylic acids is 1. The van der Waals surface area contributed by atoms with Crippen LogP contribution in [0.1, 0.15) is 18.9 Å². The molecule has 1 rings (SSSR count). The van der Waals surface area contributed by atoms with Crippen LogP contribution in [-0.2, 0) is 25.8 Å². The molecule has 0 aliphatic rings. The summed E-state index contributed by atoms with van der Waals surface area (Å²) in [7, 11) is -3.26. The normalized spacial score (nSPS) is 12.6. The van der Waals surface area contributed by atoms with Gasteiger partial charge in [0, 0.05) is 5.75 Å². The average molecular weight is 313 g/mol. The van der Waals surface area contributed by atoms with E-state index in [0.29, 0.717) is 0 Å². The van der Waals surface area contributed by atoms with Crippen LogP contribution in [0.15, 0.2) is 30.3 Å². The van der Waals surface area contributed by atoms with Crippen molar-refractivity contribution in [2.24, 2.45) is 0 Å². The smallest absolute Gasteiger partial charge is 0.326 e. The highest BCUT2D eigenvalue weighted by atomic mass is 32.2. The van der Waals surface area contributed by atoms with Crippen LogP contribution in [0.25, 0.3) is 0 Å². The van der Waals surface area contributed by atoms with Crippen molar-refractivity contribution in [1.29, 1.82) is 0 Å². The fourth-order valence-electron chi connectivity index (χ4n) is 1.73. The van der Waals surface area contributed by atoms with Crippen LogP contribution in [0, 0.1) is 0 Å². The van der Waals surface area contributed by atoms with E-state index in [0.717, 1.165) is 5.56 Å². The van der Waals surface area contributed by atoms with Crippen LogP contribution in [0.5, 0.6) is 0 Å². The van der Waals surface area contributed by atoms with Gasteiger partial charge >= 0.3 is 5.97 Å². The molecule has 0 heterocycles. The Bertz CT molecular complexity index is 583. The number of sulfone groups is 1. The summed E-state index contributed by atoms with van der Waals surface area (Å²) < 4.78 is 22.8. The summed E-state index contributed by atoms with van der Waals surface area (Å²) in [4.78, 5) is 22.9. The van der Waals surface area contributed by atoms with Crippen LogP contribution >= 0.6 is 0 Å². The molecule has 116 valence electrons. The number of rotatable bonds is 8. The molecule has 0 bridgehead atoms. The third-order valence-corrected chi connectivity index (χ3v) is 4.74. The first-order valence-corrected chi connectivity index (χ1v) is 8.42. The maximum atomic E-state index is 11.8. The molecule has 1 atom stereocenters. The molecule has 7 heteroatoms. The first-order valence-electron chi connectivity index (χ1n) is 6.60. The predicted molar refractivity (Wildman–Crippen MR) is 78.7 cm³/mol. The second kappa shape index (κ2) is 7.78. The molecule has 1 aromatic rings. The van der Waals surface area contributed by atoms with Gasteiger partial charge in [-0.05, 0) is 12.0 Å². The summed E-state index contributed by atoms with van der Waals surface area (Å²) in [6.45, 7) is 1.50. The highest BCUT2D eigenvalue weighted by Crippen LogP contribution is 2.02. The highest BCUT2D eigenvalue weighted by Gasteiger charge is 2.22. The van der Waals surface area contributed by atoms with E-state index in [-0.39, 0.29) is 24.3 Å². The summed E-state index contributed by atoms with van der Waals surface area (Å²) >= 11 is 0. The molecule has 1 amide bonds. The Morgan fingerprint density at radius 1 is 1.24 bits per heavy atom. The van der Waals surface area contributed by atoms with E-state index < -0.39 is 27.8 Å². The average Bonchev–Trinajstić information content (AvgIpc) is 2.44. The van der Waals surface area contributed by atoms with Crippen molar-refractivity contribution in [3.63, 3.8) is 0 Å². The van der Waals surface area contributed by atoms with Gasteiger partial charge in [0.1, 0.15) is 15.9 Å². The zero-order valence-electron chi connectivity index (χ0n) is 11.8. The molecule has 0 spiro atoms. The van der Waals surface area contributed by atoms with E-state index in [2.05, 4.69) is 5.32 Å². The molecular weight excluding hydrogens is 294 g/mol. The lowest BCUT2D eigenvalue weighted by Crippen LogP contribution is -2.42. The Kier molecular flexibility index (Phi) is 6.36. The second-order valence-corrected chi connectivity index (χ2v) is 7.12. The first kappa shape index (κ1) is 17.2. The van der Waals surface area contributed by atoms with Crippen LogP contribution in [0.2, 0.25) is 0 Å². The number of hydrogen-bond donors (Lipinski definition) is 2. The quantitative estimate of drug-likeness (QED) is 0.733. The van der Waals surface area contributed by atoms with Crippen molar-refractivity contribution in [1.82, 2.24) is 5.32 Å². The van der Waals surface area contributed by atoms with Gasteiger partial charge in [-0.2, -0.15) is 0 Å². The number of nitrogens with one attached hydrogen (secondary N) is 1. The fourth-order valence-corrected chi connectivity index (χ4v) is 2.61. The molecule has 6 nitrogen and oxygen atoms in total. The maximum Gasteiger partial charge on any atom is 0.326 e. The van der Waals surface area contributed by atoms with Crippen molar-refractivity contribution in [3.05, 3.63) is 35.9 Å². The number of hydrogen-bond acceptors (Lipinski definition) is 4. The molecule has 0 saturated carbocycles. The number of aliphatic carboxylic acids is 1. The van der Waals surface area contributed by atoms with Gasteiger partial charge in [-0.1, -0.05) is 37.3 Å². The van der Waals surface area contributed by atoms with Crippen molar-refractivity contribution < 1.29 is 23.1 Å². The van der Waals surface area contributed by atoms with E-state index in [9.17, 15) is 18.0 Å². The Morgan fingerprint density at radius 2 is 1.86 bits per heavy atom. The Hall–Kier alpha value is -1.89. The predicted octanol–water partition coefficient (Wildman–Crippen LogP) is 0.623. The molecule has 1 aromatic carbocycles. The molecule has 1 unspecified atom stereocenters. The van der Waals surface area contributed by atoms with Gasteiger partial charge in [0.2, 0.25) is 5.91 Å². The Morgan fingerprint density at radius 3 is 2.38 bits per heavy atom. The number of carboxylic acids is 1. The molecular formula is C14H19NO5S. The van der Waals surface area contributed by atoms with Gasteiger partial charge in [0.25, 0.3) is 0 Å². The summed E-state index contributed by atoms with van der Waals surface area (Å²) in [6.07, 6.45) is -0.0722. The summed E-state index contributed by atoms with van der Waals surface area (Å²) in [5.41, 5.74) is 0.764. The molecule has 2 N–H and O–H groups in total.